The molecule has 0 amide bonds. The Hall–Kier alpha value is -1.52. The fraction of sp³-hybridized carbons (Fsp3) is 0.294. The van der Waals surface area contributed by atoms with E-state index in [1.165, 1.54) is 5.56 Å². The van der Waals surface area contributed by atoms with Crippen LogP contribution in [0.25, 0.3) is 0 Å². The minimum atomic E-state index is 0.631. The summed E-state index contributed by atoms with van der Waals surface area (Å²) < 4.78 is 12.6. The Morgan fingerprint density at radius 3 is 2.52 bits per heavy atom. The number of rotatable bonds is 7. The molecule has 0 aliphatic rings. The first kappa shape index (κ1) is 15.9. The van der Waals surface area contributed by atoms with Crippen molar-refractivity contribution in [2.75, 3.05) is 13.2 Å². The number of hydrogen-bond acceptors (Lipinski definition) is 3. The normalized spacial score (nSPS) is 10.4. The molecule has 0 atom stereocenters. The van der Waals surface area contributed by atoms with E-state index >= 15 is 0 Å². The lowest BCUT2D eigenvalue weighted by molar-refractivity contribution is 0.302. The Morgan fingerprint density at radius 2 is 1.86 bits per heavy atom. The second kappa shape index (κ2) is 8.05. The lowest BCUT2D eigenvalue weighted by Crippen LogP contribution is -2.03. The summed E-state index contributed by atoms with van der Waals surface area (Å²) in [6.07, 6.45) is 1.81. The highest BCUT2D eigenvalue weighted by Gasteiger charge is 2.07. The van der Waals surface area contributed by atoms with Gasteiger partial charge >= 0.3 is 0 Å². The van der Waals surface area contributed by atoms with Crippen LogP contribution in [-0.2, 0) is 6.42 Å². The molecule has 0 unspecified atom stereocenters. The van der Waals surface area contributed by atoms with Crippen molar-refractivity contribution in [3.8, 4) is 17.2 Å². The summed E-state index contributed by atoms with van der Waals surface area (Å²) in [5, 5.41) is 0. The molecule has 21 heavy (non-hydrogen) atoms. The lowest BCUT2D eigenvalue weighted by atomic mass is 10.1. The molecule has 0 aliphatic carbocycles. The van der Waals surface area contributed by atoms with E-state index in [0.717, 1.165) is 34.6 Å². The smallest absolute Gasteiger partial charge is 0.169 e. The summed E-state index contributed by atoms with van der Waals surface area (Å²) >= 11 is 3.56. The molecule has 2 aromatic carbocycles. The molecule has 0 aromatic heterocycles. The highest BCUT2D eigenvalue weighted by Crippen LogP contribution is 2.33. The van der Waals surface area contributed by atoms with Crippen LogP contribution in [0.2, 0.25) is 0 Å². The topological polar surface area (TPSA) is 44.5 Å². The van der Waals surface area contributed by atoms with Crippen molar-refractivity contribution in [1.82, 2.24) is 0 Å². The van der Waals surface area contributed by atoms with Crippen LogP contribution in [0.5, 0.6) is 17.2 Å². The van der Waals surface area contributed by atoms with E-state index in [1.807, 2.05) is 42.5 Å². The van der Waals surface area contributed by atoms with Crippen molar-refractivity contribution in [1.29, 1.82) is 0 Å². The van der Waals surface area contributed by atoms with Gasteiger partial charge < -0.3 is 15.2 Å². The summed E-state index contributed by atoms with van der Waals surface area (Å²) in [5.74, 6) is 2.26. The Kier molecular flexibility index (Phi) is 6.08. The fourth-order valence-electron chi connectivity index (χ4n) is 1.94. The molecule has 0 aliphatic heterocycles. The predicted octanol–water partition coefficient (Wildman–Crippen LogP) is 4.53. The maximum Gasteiger partial charge on any atom is 0.169 e. The average Bonchev–Trinajstić information content (AvgIpc) is 2.49. The van der Waals surface area contributed by atoms with Gasteiger partial charge in [0.25, 0.3) is 0 Å². The van der Waals surface area contributed by atoms with Crippen molar-refractivity contribution in [3.05, 3.63) is 52.5 Å². The minimum Gasteiger partial charge on any atom is -0.490 e. The van der Waals surface area contributed by atoms with Gasteiger partial charge in [-0.15, -0.1) is 0 Å². The van der Waals surface area contributed by atoms with Crippen LogP contribution in [0.1, 0.15) is 18.9 Å². The molecule has 0 spiro atoms. The molecule has 0 radical (unpaired) electrons. The minimum absolute atomic E-state index is 0.631. The van der Waals surface area contributed by atoms with Gasteiger partial charge in [-0.1, -0.05) is 41.1 Å². The van der Waals surface area contributed by atoms with Gasteiger partial charge in [-0.05, 0) is 49.2 Å². The first-order valence-electron chi connectivity index (χ1n) is 7.12. The second-order valence-corrected chi connectivity index (χ2v) is 5.54. The highest BCUT2D eigenvalue weighted by atomic mass is 79.9. The zero-order valence-corrected chi connectivity index (χ0v) is 13.7. The van der Waals surface area contributed by atoms with Crippen LogP contribution in [0.4, 0.5) is 0 Å². The van der Waals surface area contributed by atoms with E-state index in [2.05, 4.69) is 22.9 Å². The first-order valence-corrected chi connectivity index (χ1v) is 7.92. The molecule has 2 aromatic rings. The maximum absolute atomic E-state index is 5.93. The standard InChI is InChI=1S/C17H20BrNO2/c1-2-11-20-16-5-3-4-6-17(16)21-14-8-7-13(9-10-19)15(18)12-14/h3-8,12H,2,9-11,19H2,1H3. The van der Waals surface area contributed by atoms with Gasteiger partial charge in [0.1, 0.15) is 5.75 Å². The van der Waals surface area contributed by atoms with E-state index in [9.17, 15) is 0 Å². The van der Waals surface area contributed by atoms with E-state index < -0.39 is 0 Å². The molecule has 112 valence electrons. The number of nitrogens with two attached hydrogens (primary N) is 1. The molecular weight excluding hydrogens is 330 g/mol. The van der Waals surface area contributed by atoms with Crippen LogP contribution >= 0.6 is 15.9 Å². The van der Waals surface area contributed by atoms with Crippen LogP contribution in [0.15, 0.2) is 46.9 Å². The third kappa shape index (κ3) is 4.48. The molecule has 0 fully saturated rings. The summed E-state index contributed by atoms with van der Waals surface area (Å²) in [7, 11) is 0. The van der Waals surface area contributed by atoms with E-state index in [1.54, 1.807) is 0 Å². The fourth-order valence-corrected chi connectivity index (χ4v) is 2.50. The molecule has 0 saturated carbocycles. The number of para-hydroxylation sites is 2. The third-order valence-electron chi connectivity index (χ3n) is 2.98. The first-order chi connectivity index (χ1) is 10.2. The summed E-state index contributed by atoms with van der Waals surface area (Å²) in [4.78, 5) is 0. The monoisotopic (exact) mass is 349 g/mol. The second-order valence-electron chi connectivity index (χ2n) is 4.69. The Labute approximate surface area is 134 Å². The Bertz CT molecular complexity index is 587. The van der Waals surface area contributed by atoms with Gasteiger partial charge in [-0.25, -0.2) is 0 Å². The van der Waals surface area contributed by atoms with Gasteiger partial charge in [0.05, 0.1) is 6.61 Å². The third-order valence-corrected chi connectivity index (χ3v) is 3.72. The number of halogens is 1. The zero-order valence-electron chi connectivity index (χ0n) is 12.1. The molecule has 0 bridgehead atoms. The molecule has 2 N–H and O–H groups in total. The van der Waals surface area contributed by atoms with Crippen molar-refractivity contribution in [3.63, 3.8) is 0 Å². The maximum atomic E-state index is 5.93. The van der Waals surface area contributed by atoms with Crippen LogP contribution in [-0.4, -0.2) is 13.2 Å². The van der Waals surface area contributed by atoms with E-state index in [0.29, 0.717) is 13.2 Å². The quantitative estimate of drug-likeness (QED) is 0.798. The molecule has 2 rings (SSSR count). The van der Waals surface area contributed by atoms with E-state index in [4.69, 9.17) is 15.2 Å². The van der Waals surface area contributed by atoms with Crippen molar-refractivity contribution in [2.45, 2.75) is 19.8 Å². The highest BCUT2D eigenvalue weighted by molar-refractivity contribution is 9.10. The van der Waals surface area contributed by atoms with Crippen LogP contribution < -0.4 is 15.2 Å². The van der Waals surface area contributed by atoms with E-state index in [-0.39, 0.29) is 0 Å². The molecule has 0 saturated heterocycles. The van der Waals surface area contributed by atoms with Crippen LogP contribution in [0.3, 0.4) is 0 Å². The summed E-state index contributed by atoms with van der Waals surface area (Å²) in [6.45, 7) is 3.39. The van der Waals surface area contributed by atoms with Gasteiger partial charge in [0.15, 0.2) is 11.5 Å². The van der Waals surface area contributed by atoms with Gasteiger partial charge in [-0.2, -0.15) is 0 Å². The van der Waals surface area contributed by atoms with Crippen LogP contribution in [0, 0.1) is 0 Å². The van der Waals surface area contributed by atoms with Gasteiger partial charge in [0, 0.05) is 4.47 Å². The SMILES string of the molecule is CCCOc1ccccc1Oc1ccc(CCN)c(Br)c1. The molecule has 4 heteroatoms. The van der Waals surface area contributed by atoms with Crippen molar-refractivity contribution >= 4 is 15.9 Å². The van der Waals surface area contributed by atoms with Crippen molar-refractivity contribution < 1.29 is 9.47 Å². The van der Waals surface area contributed by atoms with Gasteiger partial charge in [0.2, 0.25) is 0 Å². The molecule has 0 heterocycles. The zero-order chi connectivity index (χ0) is 15.1. The number of hydrogen-bond donors (Lipinski definition) is 1. The summed E-state index contributed by atoms with van der Waals surface area (Å²) in [6, 6.07) is 13.6. The number of ether oxygens (including phenoxy) is 2. The number of benzene rings is 2. The average molecular weight is 350 g/mol. The summed E-state index contributed by atoms with van der Waals surface area (Å²) in [5.41, 5.74) is 6.77. The molecular formula is C17H20BrNO2. The molecule has 3 nitrogen and oxygen atoms in total. The Balaban J connectivity index is 2.16. The van der Waals surface area contributed by atoms with Crippen molar-refractivity contribution in [2.24, 2.45) is 5.73 Å². The van der Waals surface area contributed by atoms with Gasteiger partial charge in [-0.3, -0.25) is 0 Å². The predicted molar refractivity (Wildman–Crippen MR) is 89.2 cm³/mol. The lowest BCUT2D eigenvalue weighted by Gasteiger charge is -2.13. The largest absolute Gasteiger partial charge is 0.490 e. The Morgan fingerprint density at radius 1 is 1.10 bits per heavy atom.